The van der Waals surface area contributed by atoms with Gasteiger partial charge in [-0.3, -0.25) is 9.69 Å². The topological polar surface area (TPSA) is 50.2 Å². The Labute approximate surface area is 156 Å². The number of rotatable bonds is 6. The molecule has 0 spiro atoms. The van der Waals surface area contributed by atoms with E-state index in [9.17, 15) is 4.79 Å². The summed E-state index contributed by atoms with van der Waals surface area (Å²) < 4.78 is 2.13. The van der Waals surface area contributed by atoms with Crippen molar-refractivity contribution < 1.29 is 4.79 Å². The van der Waals surface area contributed by atoms with Crippen LogP contribution in [0.3, 0.4) is 0 Å². The van der Waals surface area contributed by atoms with Crippen molar-refractivity contribution in [1.29, 1.82) is 0 Å². The van der Waals surface area contributed by atoms with E-state index in [0.717, 1.165) is 31.6 Å². The van der Waals surface area contributed by atoms with E-state index in [2.05, 4.69) is 54.6 Å². The van der Waals surface area contributed by atoms with Crippen LogP contribution in [0.2, 0.25) is 0 Å². The Bertz CT molecular complexity index is 749. The van der Waals surface area contributed by atoms with Gasteiger partial charge in [0.1, 0.15) is 0 Å². The molecule has 0 aliphatic carbocycles. The van der Waals surface area contributed by atoms with Crippen LogP contribution in [0.5, 0.6) is 0 Å². The number of imidazole rings is 1. The van der Waals surface area contributed by atoms with Crippen LogP contribution in [0, 0.1) is 0 Å². The van der Waals surface area contributed by atoms with E-state index >= 15 is 0 Å². The second-order valence-electron chi connectivity index (χ2n) is 7.60. The lowest BCUT2D eigenvalue weighted by molar-refractivity contribution is 0.0937. The van der Waals surface area contributed by atoms with E-state index in [4.69, 9.17) is 4.98 Å². The molecule has 1 aromatic heterocycles. The second-order valence-corrected chi connectivity index (χ2v) is 7.60. The number of nitrogens with zero attached hydrogens (tertiary/aromatic N) is 3. The molecule has 1 aliphatic heterocycles. The third kappa shape index (κ3) is 3.98. The zero-order chi connectivity index (χ0) is 18.7. The number of carbonyl (C=O) groups is 1. The molecule has 2 heterocycles. The molecule has 0 saturated heterocycles. The molecule has 0 bridgehead atoms. The lowest BCUT2D eigenvalue weighted by Crippen LogP contribution is -2.36. The first-order valence-corrected chi connectivity index (χ1v) is 9.63. The predicted molar refractivity (Wildman–Crippen MR) is 104 cm³/mol. The molecule has 140 valence electrons. The predicted octanol–water partition coefficient (Wildman–Crippen LogP) is 3.20. The second kappa shape index (κ2) is 8.04. The van der Waals surface area contributed by atoms with Gasteiger partial charge in [0, 0.05) is 43.8 Å². The van der Waals surface area contributed by atoms with Gasteiger partial charge < -0.3 is 9.88 Å². The Kier molecular flexibility index (Phi) is 5.77. The SMILES string of the molecule is CC(C)N1CCc2c(nc(C(=O)NCCc3ccccc3)n2C(C)C)C1. The zero-order valence-electron chi connectivity index (χ0n) is 16.3. The van der Waals surface area contributed by atoms with Gasteiger partial charge in [-0.15, -0.1) is 0 Å². The van der Waals surface area contributed by atoms with Crippen LogP contribution in [0.15, 0.2) is 30.3 Å². The van der Waals surface area contributed by atoms with Gasteiger partial charge in [-0.25, -0.2) is 4.98 Å². The molecule has 0 unspecified atom stereocenters. The van der Waals surface area contributed by atoms with Crippen molar-refractivity contribution in [3.05, 3.63) is 53.1 Å². The molecule has 5 nitrogen and oxygen atoms in total. The van der Waals surface area contributed by atoms with E-state index in [1.807, 2.05) is 18.2 Å². The summed E-state index contributed by atoms with van der Waals surface area (Å²) in [6.45, 7) is 11.1. The van der Waals surface area contributed by atoms with Gasteiger partial charge in [-0.05, 0) is 39.7 Å². The maximum Gasteiger partial charge on any atom is 0.287 e. The molecule has 3 rings (SSSR count). The number of hydrogen-bond acceptors (Lipinski definition) is 3. The van der Waals surface area contributed by atoms with Crippen molar-refractivity contribution in [1.82, 2.24) is 19.8 Å². The summed E-state index contributed by atoms with van der Waals surface area (Å²) in [7, 11) is 0. The largest absolute Gasteiger partial charge is 0.349 e. The minimum atomic E-state index is -0.0693. The molecule has 1 amide bonds. The number of amides is 1. The molecular weight excluding hydrogens is 324 g/mol. The Morgan fingerprint density at radius 3 is 2.54 bits per heavy atom. The summed E-state index contributed by atoms with van der Waals surface area (Å²) in [5, 5.41) is 3.05. The van der Waals surface area contributed by atoms with Crippen molar-refractivity contribution >= 4 is 5.91 Å². The summed E-state index contributed by atoms with van der Waals surface area (Å²) in [6.07, 6.45) is 1.78. The first-order valence-electron chi connectivity index (χ1n) is 9.63. The maximum atomic E-state index is 12.8. The van der Waals surface area contributed by atoms with Crippen LogP contribution in [-0.2, 0) is 19.4 Å². The standard InChI is InChI=1S/C21H30N4O/c1-15(2)24-13-11-19-18(14-24)23-20(25(19)16(3)4)21(26)22-12-10-17-8-6-5-7-9-17/h5-9,15-16H,10-14H2,1-4H3,(H,22,26). The highest BCUT2D eigenvalue weighted by molar-refractivity contribution is 5.91. The molecule has 26 heavy (non-hydrogen) atoms. The van der Waals surface area contributed by atoms with Gasteiger partial charge in [-0.1, -0.05) is 30.3 Å². The van der Waals surface area contributed by atoms with Crippen molar-refractivity contribution in [3.8, 4) is 0 Å². The summed E-state index contributed by atoms with van der Waals surface area (Å²) in [5.41, 5.74) is 3.52. The third-order valence-corrected chi connectivity index (χ3v) is 5.07. The van der Waals surface area contributed by atoms with Crippen molar-refractivity contribution in [2.45, 2.75) is 59.2 Å². The molecule has 0 saturated carbocycles. The van der Waals surface area contributed by atoms with Crippen LogP contribution >= 0.6 is 0 Å². The Morgan fingerprint density at radius 2 is 1.88 bits per heavy atom. The highest BCUT2D eigenvalue weighted by atomic mass is 16.2. The fourth-order valence-corrected chi connectivity index (χ4v) is 3.63. The minimum absolute atomic E-state index is 0.0693. The number of fused-ring (bicyclic) bond motifs is 1. The van der Waals surface area contributed by atoms with Gasteiger partial charge >= 0.3 is 0 Å². The van der Waals surface area contributed by atoms with E-state index < -0.39 is 0 Å². The van der Waals surface area contributed by atoms with Gasteiger partial charge in [0.25, 0.3) is 5.91 Å². The van der Waals surface area contributed by atoms with E-state index in [-0.39, 0.29) is 11.9 Å². The average molecular weight is 354 g/mol. The molecule has 2 aromatic rings. The molecule has 0 fully saturated rings. The molecular formula is C21H30N4O. The van der Waals surface area contributed by atoms with Crippen molar-refractivity contribution in [2.75, 3.05) is 13.1 Å². The van der Waals surface area contributed by atoms with Gasteiger partial charge in [0.15, 0.2) is 5.82 Å². The highest BCUT2D eigenvalue weighted by Crippen LogP contribution is 2.25. The normalized spacial score (nSPS) is 14.7. The van der Waals surface area contributed by atoms with Crippen molar-refractivity contribution in [2.24, 2.45) is 0 Å². The lowest BCUT2D eigenvalue weighted by Gasteiger charge is -2.30. The van der Waals surface area contributed by atoms with Crippen LogP contribution < -0.4 is 5.32 Å². The monoisotopic (exact) mass is 354 g/mol. The maximum absolute atomic E-state index is 12.8. The number of aromatic nitrogens is 2. The molecule has 1 aromatic carbocycles. The lowest BCUT2D eigenvalue weighted by atomic mass is 10.1. The fourth-order valence-electron chi connectivity index (χ4n) is 3.63. The minimum Gasteiger partial charge on any atom is -0.349 e. The summed E-state index contributed by atoms with van der Waals surface area (Å²) in [4.78, 5) is 19.9. The first-order chi connectivity index (χ1) is 12.5. The van der Waals surface area contributed by atoms with Gasteiger partial charge in [0.05, 0.1) is 5.69 Å². The molecule has 5 heteroatoms. The van der Waals surface area contributed by atoms with E-state index in [0.29, 0.717) is 18.4 Å². The first kappa shape index (κ1) is 18.6. The number of carbonyl (C=O) groups excluding carboxylic acids is 1. The van der Waals surface area contributed by atoms with Crippen LogP contribution in [0.4, 0.5) is 0 Å². The summed E-state index contributed by atoms with van der Waals surface area (Å²) >= 11 is 0. The number of nitrogens with one attached hydrogen (secondary N) is 1. The third-order valence-electron chi connectivity index (χ3n) is 5.07. The Balaban J connectivity index is 1.73. The van der Waals surface area contributed by atoms with Crippen LogP contribution in [0.1, 0.15) is 61.3 Å². The molecule has 1 N–H and O–H groups in total. The number of hydrogen-bond donors (Lipinski definition) is 1. The van der Waals surface area contributed by atoms with Crippen LogP contribution in [0.25, 0.3) is 0 Å². The van der Waals surface area contributed by atoms with E-state index in [1.54, 1.807) is 0 Å². The quantitative estimate of drug-likeness (QED) is 0.867. The zero-order valence-corrected chi connectivity index (χ0v) is 16.3. The van der Waals surface area contributed by atoms with Gasteiger partial charge in [0.2, 0.25) is 0 Å². The van der Waals surface area contributed by atoms with Crippen molar-refractivity contribution in [3.63, 3.8) is 0 Å². The molecule has 0 radical (unpaired) electrons. The Hall–Kier alpha value is -2.14. The van der Waals surface area contributed by atoms with Gasteiger partial charge in [-0.2, -0.15) is 0 Å². The highest BCUT2D eigenvalue weighted by Gasteiger charge is 2.28. The summed E-state index contributed by atoms with van der Waals surface area (Å²) in [5.74, 6) is 0.490. The average Bonchev–Trinajstić information content (AvgIpc) is 3.01. The molecule has 1 aliphatic rings. The fraction of sp³-hybridized carbons (Fsp3) is 0.524. The smallest absolute Gasteiger partial charge is 0.287 e. The Morgan fingerprint density at radius 1 is 1.15 bits per heavy atom. The summed E-state index contributed by atoms with van der Waals surface area (Å²) in [6, 6.07) is 10.9. The van der Waals surface area contributed by atoms with Crippen LogP contribution in [-0.4, -0.2) is 39.5 Å². The van der Waals surface area contributed by atoms with E-state index in [1.165, 1.54) is 11.3 Å². The molecule has 0 atom stereocenters. The number of benzene rings is 1.